The fourth-order valence-corrected chi connectivity index (χ4v) is 2.17. The molecule has 2 N–H and O–H groups in total. The van der Waals surface area contributed by atoms with Gasteiger partial charge in [-0.1, -0.05) is 18.2 Å². The predicted octanol–water partition coefficient (Wildman–Crippen LogP) is 3.50. The topological polar surface area (TPSA) is 38.9 Å². The molecule has 0 aliphatic carbocycles. The van der Waals surface area contributed by atoms with Crippen LogP contribution in [-0.4, -0.2) is 4.98 Å². The molecule has 0 amide bonds. The molecule has 19 heavy (non-hydrogen) atoms. The van der Waals surface area contributed by atoms with Crippen LogP contribution in [0.4, 0.5) is 4.39 Å². The fraction of sp³-hybridized carbons (Fsp3) is 0.0625. The van der Waals surface area contributed by atoms with Crippen LogP contribution in [0.5, 0.6) is 0 Å². The molecule has 1 aromatic heterocycles. The Morgan fingerprint density at radius 3 is 2.63 bits per heavy atom. The molecule has 2 nitrogen and oxygen atoms in total. The number of hydrogen-bond acceptors (Lipinski definition) is 2. The standard InChI is InChI=1S/C16H13FN2/c17-15-5-3-11(9-14(15)10-18)12-4-6-16-13(8-12)2-1-7-19-16/h1-9H,10,18H2. The molecular formula is C16H13FN2. The van der Waals surface area contributed by atoms with Gasteiger partial charge in [0.15, 0.2) is 0 Å². The largest absolute Gasteiger partial charge is 0.326 e. The maximum absolute atomic E-state index is 13.4. The predicted molar refractivity (Wildman–Crippen MR) is 75.0 cm³/mol. The highest BCUT2D eigenvalue weighted by molar-refractivity contribution is 5.84. The third kappa shape index (κ3) is 2.20. The normalized spacial score (nSPS) is 10.8. The molecule has 3 heteroatoms. The van der Waals surface area contributed by atoms with Gasteiger partial charge >= 0.3 is 0 Å². The van der Waals surface area contributed by atoms with E-state index in [0.717, 1.165) is 22.0 Å². The molecule has 0 radical (unpaired) electrons. The number of nitrogens with zero attached hydrogens (tertiary/aromatic N) is 1. The van der Waals surface area contributed by atoms with E-state index in [1.54, 1.807) is 18.3 Å². The summed E-state index contributed by atoms with van der Waals surface area (Å²) in [6.45, 7) is 0.203. The minimum absolute atomic E-state index is 0.203. The molecule has 0 aliphatic heterocycles. The quantitative estimate of drug-likeness (QED) is 0.758. The van der Waals surface area contributed by atoms with Crippen molar-refractivity contribution in [1.82, 2.24) is 4.98 Å². The third-order valence-electron chi connectivity index (χ3n) is 3.20. The first-order valence-electron chi connectivity index (χ1n) is 6.11. The molecule has 3 aromatic rings. The lowest BCUT2D eigenvalue weighted by Crippen LogP contribution is -1.99. The van der Waals surface area contributed by atoms with Crippen molar-refractivity contribution in [3.8, 4) is 11.1 Å². The summed E-state index contributed by atoms with van der Waals surface area (Å²) in [6, 6.07) is 15.0. The molecule has 3 rings (SSSR count). The second kappa shape index (κ2) is 4.78. The number of aromatic nitrogens is 1. The van der Waals surface area contributed by atoms with Crippen molar-refractivity contribution in [3.05, 3.63) is 66.1 Å². The highest BCUT2D eigenvalue weighted by atomic mass is 19.1. The molecule has 0 bridgehead atoms. The summed E-state index contributed by atoms with van der Waals surface area (Å²) in [5.74, 6) is -0.256. The maximum Gasteiger partial charge on any atom is 0.127 e. The molecule has 0 spiro atoms. The summed E-state index contributed by atoms with van der Waals surface area (Å²) in [6.07, 6.45) is 1.77. The van der Waals surface area contributed by atoms with E-state index in [9.17, 15) is 4.39 Å². The first-order chi connectivity index (χ1) is 9.28. The Kier molecular flexibility index (Phi) is 2.97. The summed E-state index contributed by atoms with van der Waals surface area (Å²) in [5.41, 5.74) is 9.02. The van der Waals surface area contributed by atoms with Crippen LogP contribution in [0.1, 0.15) is 5.56 Å². The fourth-order valence-electron chi connectivity index (χ4n) is 2.17. The highest BCUT2D eigenvalue weighted by Crippen LogP contribution is 2.25. The van der Waals surface area contributed by atoms with Gasteiger partial charge in [0.1, 0.15) is 5.82 Å². The van der Waals surface area contributed by atoms with Crippen LogP contribution in [0, 0.1) is 5.82 Å². The van der Waals surface area contributed by atoms with E-state index in [0.29, 0.717) is 5.56 Å². The van der Waals surface area contributed by atoms with Crippen molar-refractivity contribution < 1.29 is 4.39 Å². The Morgan fingerprint density at radius 1 is 1.00 bits per heavy atom. The van der Waals surface area contributed by atoms with Crippen LogP contribution in [0.3, 0.4) is 0 Å². The zero-order valence-electron chi connectivity index (χ0n) is 10.3. The smallest absolute Gasteiger partial charge is 0.127 e. The van der Waals surface area contributed by atoms with Gasteiger partial charge in [0.2, 0.25) is 0 Å². The molecule has 0 aliphatic rings. The van der Waals surface area contributed by atoms with Gasteiger partial charge < -0.3 is 5.73 Å². The van der Waals surface area contributed by atoms with Gasteiger partial charge in [-0.3, -0.25) is 4.98 Å². The molecule has 94 valence electrons. The van der Waals surface area contributed by atoms with Crippen molar-refractivity contribution in [2.75, 3.05) is 0 Å². The van der Waals surface area contributed by atoms with Crippen LogP contribution in [0.15, 0.2) is 54.7 Å². The Morgan fingerprint density at radius 2 is 1.79 bits per heavy atom. The first-order valence-corrected chi connectivity index (χ1v) is 6.11. The first kappa shape index (κ1) is 11.8. The lowest BCUT2D eigenvalue weighted by atomic mass is 10.0. The Bertz CT molecular complexity index is 738. The Hall–Kier alpha value is -2.26. The molecule has 0 saturated carbocycles. The monoisotopic (exact) mass is 252 g/mol. The van der Waals surface area contributed by atoms with Gasteiger partial charge in [0, 0.05) is 23.7 Å². The van der Waals surface area contributed by atoms with Gasteiger partial charge in [-0.05, 0) is 41.5 Å². The SMILES string of the molecule is NCc1cc(-c2ccc3ncccc3c2)ccc1F. The van der Waals surface area contributed by atoms with Gasteiger partial charge in [-0.15, -0.1) is 0 Å². The average molecular weight is 252 g/mol. The van der Waals surface area contributed by atoms with Crippen molar-refractivity contribution in [2.24, 2.45) is 5.73 Å². The minimum Gasteiger partial charge on any atom is -0.326 e. The van der Waals surface area contributed by atoms with Crippen LogP contribution in [0.2, 0.25) is 0 Å². The van der Waals surface area contributed by atoms with Crippen molar-refractivity contribution in [3.63, 3.8) is 0 Å². The van der Waals surface area contributed by atoms with Gasteiger partial charge in [-0.2, -0.15) is 0 Å². The van der Waals surface area contributed by atoms with Crippen LogP contribution in [-0.2, 0) is 6.54 Å². The van der Waals surface area contributed by atoms with Crippen molar-refractivity contribution in [2.45, 2.75) is 6.54 Å². The summed E-state index contributed by atoms with van der Waals surface area (Å²) >= 11 is 0. The zero-order chi connectivity index (χ0) is 13.2. The lowest BCUT2D eigenvalue weighted by Gasteiger charge is -2.06. The second-order valence-electron chi connectivity index (χ2n) is 4.42. The summed E-state index contributed by atoms with van der Waals surface area (Å²) in [7, 11) is 0. The van der Waals surface area contributed by atoms with Crippen LogP contribution < -0.4 is 5.73 Å². The molecule has 0 unspecified atom stereocenters. The zero-order valence-corrected chi connectivity index (χ0v) is 10.3. The van der Waals surface area contributed by atoms with E-state index < -0.39 is 0 Å². The Labute approximate surface area is 110 Å². The van der Waals surface area contributed by atoms with E-state index in [1.807, 2.05) is 24.3 Å². The lowest BCUT2D eigenvalue weighted by molar-refractivity contribution is 0.611. The van der Waals surface area contributed by atoms with Crippen molar-refractivity contribution >= 4 is 10.9 Å². The number of rotatable bonds is 2. The molecule has 0 atom stereocenters. The number of fused-ring (bicyclic) bond motifs is 1. The number of benzene rings is 2. The number of halogens is 1. The van der Waals surface area contributed by atoms with Gasteiger partial charge in [0.05, 0.1) is 5.52 Å². The van der Waals surface area contributed by atoms with E-state index >= 15 is 0 Å². The molecule has 0 saturated heterocycles. The van der Waals surface area contributed by atoms with E-state index in [1.165, 1.54) is 6.07 Å². The number of hydrogen-bond donors (Lipinski definition) is 1. The third-order valence-corrected chi connectivity index (χ3v) is 3.20. The van der Waals surface area contributed by atoms with Crippen LogP contribution >= 0.6 is 0 Å². The average Bonchev–Trinajstić information content (AvgIpc) is 2.47. The van der Waals surface area contributed by atoms with Gasteiger partial charge in [0.25, 0.3) is 0 Å². The van der Waals surface area contributed by atoms with Crippen LogP contribution in [0.25, 0.3) is 22.0 Å². The summed E-state index contributed by atoms with van der Waals surface area (Å²) < 4.78 is 13.4. The van der Waals surface area contributed by atoms with E-state index in [2.05, 4.69) is 11.1 Å². The van der Waals surface area contributed by atoms with E-state index in [-0.39, 0.29) is 12.4 Å². The van der Waals surface area contributed by atoms with Crippen molar-refractivity contribution in [1.29, 1.82) is 0 Å². The highest BCUT2D eigenvalue weighted by Gasteiger charge is 2.05. The maximum atomic E-state index is 13.4. The summed E-state index contributed by atoms with van der Waals surface area (Å²) in [5, 5.41) is 1.07. The van der Waals surface area contributed by atoms with Gasteiger partial charge in [-0.25, -0.2) is 4.39 Å². The summed E-state index contributed by atoms with van der Waals surface area (Å²) in [4.78, 5) is 4.28. The number of pyridine rings is 1. The molecular weight excluding hydrogens is 239 g/mol. The molecule has 1 heterocycles. The number of nitrogens with two attached hydrogens (primary N) is 1. The Balaban J connectivity index is 2.13. The minimum atomic E-state index is -0.256. The molecule has 0 fully saturated rings. The molecule has 2 aromatic carbocycles. The van der Waals surface area contributed by atoms with E-state index in [4.69, 9.17) is 5.73 Å². The second-order valence-corrected chi connectivity index (χ2v) is 4.42.